The molecule has 21 heavy (non-hydrogen) atoms. The van der Waals surface area contributed by atoms with Gasteiger partial charge in [-0.15, -0.1) is 0 Å². The molecule has 1 aliphatic heterocycles. The number of aromatic nitrogens is 2. The fourth-order valence-corrected chi connectivity index (χ4v) is 3.75. The Morgan fingerprint density at radius 2 is 2.33 bits per heavy atom. The topological polar surface area (TPSA) is 87.3 Å². The number of hydrogen-bond acceptors (Lipinski definition) is 5. The van der Waals surface area contributed by atoms with Gasteiger partial charge >= 0.3 is 0 Å². The second kappa shape index (κ2) is 7.17. The number of sulfonamides is 1. The third-order valence-electron chi connectivity index (χ3n) is 3.44. The van der Waals surface area contributed by atoms with Crippen LogP contribution in [0.25, 0.3) is 0 Å². The summed E-state index contributed by atoms with van der Waals surface area (Å²) < 4.78 is 31.9. The molecule has 0 radical (unpaired) electrons. The summed E-state index contributed by atoms with van der Waals surface area (Å²) in [6, 6.07) is 0. The zero-order valence-corrected chi connectivity index (χ0v) is 13.2. The molecule has 2 rings (SSSR count). The fraction of sp³-hybridized carbons (Fsp3) is 0.615. The van der Waals surface area contributed by atoms with Crippen molar-refractivity contribution in [1.82, 2.24) is 19.8 Å². The molecule has 118 valence electrons. The van der Waals surface area contributed by atoms with E-state index >= 15 is 0 Å². The maximum atomic E-state index is 12.7. The van der Waals surface area contributed by atoms with Crippen molar-refractivity contribution in [3.8, 4) is 0 Å². The summed E-state index contributed by atoms with van der Waals surface area (Å²) in [7, 11) is -1.89. The van der Waals surface area contributed by atoms with Crippen molar-refractivity contribution in [3.05, 3.63) is 23.4 Å². The second-order valence-electron chi connectivity index (χ2n) is 4.91. The molecule has 0 spiro atoms. The van der Waals surface area contributed by atoms with Crippen molar-refractivity contribution in [3.63, 3.8) is 0 Å². The molecule has 0 aromatic carbocycles. The van der Waals surface area contributed by atoms with Gasteiger partial charge in [-0.1, -0.05) is 13.0 Å². The van der Waals surface area contributed by atoms with Crippen molar-refractivity contribution >= 4 is 10.0 Å². The highest BCUT2D eigenvalue weighted by atomic mass is 32.2. The normalized spacial score (nSPS) is 17.0. The Bertz CT molecular complexity index is 594. The Morgan fingerprint density at radius 3 is 2.95 bits per heavy atom. The van der Waals surface area contributed by atoms with Crippen molar-refractivity contribution in [2.24, 2.45) is 0 Å². The van der Waals surface area contributed by atoms with Gasteiger partial charge in [-0.25, -0.2) is 8.42 Å². The van der Waals surface area contributed by atoms with Crippen LogP contribution in [0.1, 0.15) is 18.9 Å². The molecule has 0 fully saturated rings. The Labute approximate surface area is 125 Å². The summed E-state index contributed by atoms with van der Waals surface area (Å²) >= 11 is 0. The molecule has 0 unspecified atom stereocenters. The number of hydrogen-bond donors (Lipinski definition) is 2. The first-order valence-corrected chi connectivity index (χ1v) is 8.43. The van der Waals surface area contributed by atoms with Gasteiger partial charge in [-0.3, -0.25) is 5.10 Å². The van der Waals surface area contributed by atoms with Crippen LogP contribution < -0.4 is 5.32 Å². The Morgan fingerprint density at radius 1 is 1.52 bits per heavy atom. The molecule has 0 saturated heterocycles. The van der Waals surface area contributed by atoms with Crippen molar-refractivity contribution in [2.75, 3.05) is 33.4 Å². The molecule has 1 aromatic rings. The Balaban J connectivity index is 2.14. The number of nitrogens with one attached hydrogen (secondary N) is 2. The first-order chi connectivity index (χ1) is 10.1. The van der Waals surface area contributed by atoms with E-state index in [1.54, 1.807) is 13.3 Å². The maximum Gasteiger partial charge on any atom is 0.260 e. The molecule has 2 N–H and O–H groups in total. The van der Waals surface area contributed by atoms with Gasteiger partial charge in [0.25, 0.3) is 10.0 Å². The molecule has 0 amide bonds. The van der Waals surface area contributed by atoms with Gasteiger partial charge < -0.3 is 10.1 Å². The van der Waals surface area contributed by atoms with Crippen LogP contribution in [0.3, 0.4) is 0 Å². The molecular weight excluding hydrogens is 292 g/mol. The first-order valence-electron chi connectivity index (χ1n) is 6.99. The van der Waals surface area contributed by atoms with Crippen molar-refractivity contribution in [1.29, 1.82) is 0 Å². The van der Waals surface area contributed by atoms with Gasteiger partial charge in [-0.05, 0) is 18.5 Å². The predicted octanol–water partition coefficient (Wildman–Crippen LogP) is 0.486. The number of methoxy groups -OCH3 is 1. The quantitative estimate of drug-likeness (QED) is 0.715. The van der Waals surface area contributed by atoms with Crippen molar-refractivity contribution < 1.29 is 13.2 Å². The lowest BCUT2D eigenvalue weighted by atomic mass is 10.1. The number of nitrogens with zero attached hydrogens (tertiary/aromatic N) is 2. The smallest absolute Gasteiger partial charge is 0.260 e. The first kappa shape index (κ1) is 16.2. The fourth-order valence-electron chi connectivity index (χ4n) is 2.26. The lowest BCUT2D eigenvalue weighted by Gasteiger charge is -2.25. The molecule has 7 nitrogen and oxygen atoms in total. The van der Waals surface area contributed by atoms with Crippen LogP contribution in [-0.2, 0) is 21.3 Å². The number of ether oxygens (including phenoxy) is 1. The highest BCUT2D eigenvalue weighted by molar-refractivity contribution is 7.89. The van der Waals surface area contributed by atoms with Gasteiger partial charge in [0.05, 0.1) is 12.8 Å². The van der Waals surface area contributed by atoms with Gasteiger partial charge in [0.2, 0.25) is 0 Å². The van der Waals surface area contributed by atoms with Crippen LogP contribution >= 0.6 is 0 Å². The second-order valence-corrected chi connectivity index (χ2v) is 6.79. The molecule has 1 aromatic heterocycles. The largest absolute Gasteiger partial charge is 0.380 e. The third-order valence-corrected chi connectivity index (χ3v) is 5.32. The number of H-pyrrole nitrogens is 1. The minimum absolute atomic E-state index is 0.187. The van der Waals surface area contributed by atoms with Crippen LogP contribution in [-0.4, -0.2) is 56.3 Å². The molecule has 1 aliphatic rings. The lowest BCUT2D eigenvalue weighted by molar-refractivity contribution is 0.219. The van der Waals surface area contributed by atoms with Gasteiger partial charge in [0.15, 0.2) is 5.03 Å². The average Bonchev–Trinajstić information content (AvgIpc) is 2.95. The van der Waals surface area contributed by atoms with E-state index in [0.29, 0.717) is 38.2 Å². The number of aromatic amines is 1. The highest BCUT2D eigenvalue weighted by Gasteiger charge is 2.29. The van der Waals surface area contributed by atoms with Gasteiger partial charge in [0.1, 0.15) is 0 Å². The Hall–Kier alpha value is -1.22. The van der Waals surface area contributed by atoms with E-state index in [1.165, 1.54) is 4.31 Å². The summed E-state index contributed by atoms with van der Waals surface area (Å²) in [5.41, 5.74) is 1.81. The van der Waals surface area contributed by atoms with Crippen LogP contribution in [0.15, 0.2) is 22.9 Å². The van der Waals surface area contributed by atoms with E-state index in [9.17, 15) is 8.42 Å². The SMILES string of the molecule is CCNCc1cn[nH]c1S(=O)(=O)N1CC=C(COC)CC1. The van der Waals surface area contributed by atoms with Crippen LogP contribution in [0.2, 0.25) is 0 Å². The zero-order valence-electron chi connectivity index (χ0n) is 12.4. The molecule has 0 aliphatic carbocycles. The summed E-state index contributed by atoms with van der Waals surface area (Å²) in [4.78, 5) is 0. The van der Waals surface area contributed by atoms with E-state index in [4.69, 9.17) is 4.74 Å². The molecule has 0 saturated carbocycles. The maximum absolute atomic E-state index is 12.7. The molecule has 2 heterocycles. The van der Waals surface area contributed by atoms with Gasteiger partial charge in [-0.2, -0.15) is 9.40 Å². The average molecular weight is 314 g/mol. The van der Waals surface area contributed by atoms with E-state index in [0.717, 1.165) is 12.1 Å². The molecular formula is C13H22N4O3S. The Kier molecular flexibility index (Phi) is 5.51. The number of rotatable bonds is 7. The summed E-state index contributed by atoms with van der Waals surface area (Å²) in [5, 5.41) is 9.80. The van der Waals surface area contributed by atoms with E-state index in [-0.39, 0.29) is 5.03 Å². The standard InChI is InChI=1S/C13H22N4O3S/c1-3-14-8-12-9-15-16-13(12)21(18,19)17-6-4-11(5-7-17)10-20-2/h4,9,14H,3,5-8,10H2,1-2H3,(H,15,16). The summed E-state index contributed by atoms with van der Waals surface area (Å²) in [5.74, 6) is 0. The van der Waals surface area contributed by atoms with Crippen LogP contribution in [0.4, 0.5) is 0 Å². The minimum atomic E-state index is -3.53. The molecule has 8 heteroatoms. The van der Waals surface area contributed by atoms with E-state index in [1.807, 2.05) is 13.0 Å². The van der Waals surface area contributed by atoms with E-state index < -0.39 is 10.0 Å². The van der Waals surface area contributed by atoms with Crippen LogP contribution in [0, 0.1) is 0 Å². The summed E-state index contributed by atoms with van der Waals surface area (Å²) in [6.07, 6.45) is 4.18. The van der Waals surface area contributed by atoms with Crippen LogP contribution in [0.5, 0.6) is 0 Å². The lowest BCUT2D eigenvalue weighted by Crippen LogP contribution is -2.36. The summed E-state index contributed by atoms with van der Waals surface area (Å²) in [6.45, 7) is 4.64. The zero-order chi connectivity index (χ0) is 15.3. The van der Waals surface area contributed by atoms with Gasteiger partial charge in [0, 0.05) is 32.3 Å². The third kappa shape index (κ3) is 3.70. The van der Waals surface area contributed by atoms with E-state index in [2.05, 4.69) is 15.5 Å². The highest BCUT2D eigenvalue weighted by Crippen LogP contribution is 2.21. The predicted molar refractivity (Wildman–Crippen MR) is 79.3 cm³/mol. The van der Waals surface area contributed by atoms with Crippen molar-refractivity contribution in [2.45, 2.75) is 24.9 Å². The monoisotopic (exact) mass is 314 g/mol. The minimum Gasteiger partial charge on any atom is -0.380 e. The molecule has 0 atom stereocenters. The molecule has 0 bridgehead atoms.